The Labute approximate surface area is 144 Å². The van der Waals surface area contributed by atoms with E-state index in [0.29, 0.717) is 0 Å². The Morgan fingerprint density at radius 1 is 1.04 bits per heavy atom. The Bertz CT molecular complexity index is 987. The molecule has 0 saturated heterocycles. The van der Waals surface area contributed by atoms with Gasteiger partial charge in [-0.25, -0.2) is 19.6 Å². The lowest BCUT2D eigenvalue weighted by molar-refractivity contribution is 0.729. The van der Waals surface area contributed by atoms with E-state index in [4.69, 9.17) is 0 Å². The highest BCUT2D eigenvalue weighted by atomic mass is 15.3. The highest BCUT2D eigenvalue weighted by molar-refractivity contribution is 5.86. The lowest BCUT2D eigenvalue weighted by Gasteiger charge is -2.26. The highest BCUT2D eigenvalue weighted by Crippen LogP contribution is 2.28. The van der Waals surface area contributed by atoms with E-state index in [2.05, 4.69) is 49.1 Å². The van der Waals surface area contributed by atoms with Gasteiger partial charge in [0, 0.05) is 14.1 Å². The Hall–Kier alpha value is -3.29. The van der Waals surface area contributed by atoms with Crippen LogP contribution in [0.5, 0.6) is 0 Å². The van der Waals surface area contributed by atoms with Crippen LogP contribution in [0.3, 0.4) is 0 Å². The minimum Gasteiger partial charge on any atom is -0.352 e. The number of hydrogen-bond acceptors (Lipinski definition) is 6. The van der Waals surface area contributed by atoms with Crippen molar-refractivity contribution in [1.82, 2.24) is 34.5 Å². The number of aryl methyl sites for hydroxylation is 1. The second-order valence-corrected chi connectivity index (χ2v) is 5.92. The maximum Gasteiger partial charge on any atom is 0.163 e. The summed E-state index contributed by atoms with van der Waals surface area (Å²) in [6.07, 6.45) is 6.60. The third-order valence-corrected chi connectivity index (χ3v) is 4.48. The molecule has 3 heterocycles. The smallest absolute Gasteiger partial charge is 0.163 e. The number of nitrogens with zero attached hydrogens (tertiary/aromatic N) is 8. The molecular weight excluding hydrogens is 316 g/mol. The molecule has 1 aromatic carbocycles. The number of fused-ring (bicyclic) bond motifs is 1. The lowest BCUT2D eigenvalue weighted by atomic mass is 10.1. The molecule has 1 unspecified atom stereocenters. The van der Waals surface area contributed by atoms with Crippen molar-refractivity contribution in [2.24, 2.45) is 7.05 Å². The minimum atomic E-state index is 0.142. The maximum absolute atomic E-state index is 4.46. The molecule has 4 aromatic rings. The molecular formula is C17H18N8. The molecule has 8 nitrogen and oxygen atoms in total. The van der Waals surface area contributed by atoms with Crippen molar-refractivity contribution in [2.45, 2.75) is 13.0 Å². The standard InChI is InChI=1S/C17H18N8/c1-12(13-4-6-14(7-5-13)25-11-18-9-22-25)23(2)16-15-8-21-24(3)17(15)20-10-19-16/h4-12H,1-3H3. The molecule has 0 N–H and O–H groups in total. The van der Waals surface area contributed by atoms with Gasteiger partial charge in [-0.1, -0.05) is 12.1 Å². The van der Waals surface area contributed by atoms with Gasteiger partial charge in [-0.15, -0.1) is 0 Å². The van der Waals surface area contributed by atoms with Crippen LogP contribution < -0.4 is 4.90 Å². The maximum atomic E-state index is 4.46. The van der Waals surface area contributed by atoms with Crippen LogP contribution in [0.2, 0.25) is 0 Å². The van der Waals surface area contributed by atoms with E-state index < -0.39 is 0 Å². The monoisotopic (exact) mass is 334 g/mol. The van der Waals surface area contributed by atoms with E-state index in [1.165, 1.54) is 11.9 Å². The van der Waals surface area contributed by atoms with E-state index in [9.17, 15) is 0 Å². The van der Waals surface area contributed by atoms with Crippen LogP contribution in [0.25, 0.3) is 16.7 Å². The zero-order valence-corrected chi connectivity index (χ0v) is 14.3. The molecule has 0 aliphatic rings. The average Bonchev–Trinajstić information content (AvgIpc) is 3.31. The molecule has 4 rings (SSSR count). The molecule has 0 bridgehead atoms. The number of hydrogen-bond donors (Lipinski definition) is 0. The Kier molecular flexibility index (Phi) is 3.64. The van der Waals surface area contributed by atoms with Crippen LogP contribution in [0.1, 0.15) is 18.5 Å². The van der Waals surface area contributed by atoms with Gasteiger partial charge < -0.3 is 4.90 Å². The van der Waals surface area contributed by atoms with Crippen molar-refractivity contribution >= 4 is 16.9 Å². The summed E-state index contributed by atoms with van der Waals surface area (Å²) in [6.45, 7) is 2.15. The van der Waals surface area contributed by atoms with Gasteiger partial charge in [0.2, 0.25) is 0 Å². The van der Waals surface area contributed by atoms with Crippen molar-refractivity contribution in [3.05, 3.63) is 55.0 Å². The van der Waals surface area contributed by atoms with E-state index in [0.717, 1.165) is 22.5 Å². The Morgan fingerprint density at radius 3 is 2.56 bits per heavy atom. The predicted molar refractivity (Wildman–Crippen MR) is 94.5 cm³/mol. The summed E-state index contributed by atoms with van der Waals surface area (Å²) in [6, 6.07) is 8.41. The van der Waals surface area contributed by atoms with Crippen molar-refractivity contribution in [1.29, 1.82) is 0 Å². The van der Waals surface area contributed by atoms with Crippen molar-refractivity contribution in [3.63, 3.8) is 0 Å². The summed E-state index contributed by atoms with van der Waals surface area (Å²) < 4.78 is 3.49. The van der Waals surface area contributed by atoms with E-state index >= 15 is 0 Å². The first-order chi connectivity index (χ1) is 12.1. The van der Waals surface area contributed by atoms with E-state index in [1.807, 2.05) is 32.4 Å². The summed E-state index contributed by atoms with van der Waals surface area (Å²) in [5.41, 5.74) is 2.99. The zero-order chi connectivity index (χ0) is 17.4. The Balaban J connectivity index is 1.64. The topological polar surface area (TPSA) is 77.6 Å². The summed E-state index contributed by atoms with van der Waals surface area (Å²) in [5.74, 6) is 0.867. The summed E-state index contributed by atoms with van der Waals surface area (Å²) >= 11 is 0. The molecule has 0 amide bonds. The summed E-state index contributed by atoms with van der Waals surface area (Å²) in [7, 11) is 3.91. The number of anilines is 1. The first kappa shape index (κ1) is 15.3. The Morgan fingerprint density at radius 2 is 1.84 bits per heavy atom. The number of benzene rings is 1. The third kappa shape index (κ3) is 2.61. The second kappa shape index (κ2) is 5.97. The van der Waals surface area contributed by atoms with E-state index in [1.54, 1.807) is 22.0 Å². The van der Waals surface area contributed by atoms with Crippen molar-refractivity contribution in [3.8, 4) is 5.69 Å². The first-order valence-electron chi connectivity index (χ1n) is 7.95. The van der Waals surface area contributed by atoms with Crippen LogP contribution in [-0.4, -0.2) is 41.6 Å². The highest BCUT2D eigenvalue weighted by Gasteiger charge is 2.18. The first-order valence-corrected chi connectivity index (χ1v) is 7.95. The van der Waals surface area contributed by atoms with E-state index in [-0.39, 0.29) is 6.04 Å². The van der Waals surface area contributed by atoms with Crippen molar-refractivity contribution in [2.75, 3.05) is 11.9 Å². The van der Waals surface area contributed by atoms with Crippen LogP contribution in [0.15, 0.2) is 49.4 Å². The molecule has 3 aromatic heterocycles. The van der Waals surface area contributed by atoms with Gasteiger partial charge >= 0.3 is 0 Å². The molecule has 126 valence electrons. The van der Waals surface area contributed by atoms with Crippen LogP contribution >= 0.6 is 0 Å². The van der Waals surface area contributed by atoms with Gasteiger partial charge in [0.05, 0.1) is 23.3 Å². The fourth-order valence-corrected chi connectivity index (χ4v) is 2.88. The molecule has 0 spiro atoms. The fraction of sp³-hybridized carbons (Fsp3) is 0.235. The second-order valence-electron chi connectivity index (χ2n) is 5.92. The van der Waals surface area contributed by atoms with Crippen LogP contribution in [0.4, 0.5) is 5.82 Å². The van der Waals surface area contributed by atoms with Crippen LogP contribution in [-0.2, 0) is 7.05 Å². The third-order valence-electron chi connectivity index (χ3n) is 4.48. The zero-order valence-electron chi connectivity index (χ0n) is 14.3. The molecule has 0 fully saturated rings. The molecule has 0 aliphatic carbocycles. The molecule has 1 atom stereocenters. The predicted octanol–water partition coefficient (Wildman–Crippen LogP) is 2.14. The SMILES string of the molecule is CC(c1ccc(-n2cncn2)cc1)N(C)c1ncnc2c1cnn2C. The molecule has 0 radical (unpaired) electrons. The largest absolute Gasteiger partial charge is 0.352 e. The van der Waals surface area contributed by atoms with Gasteiger partial charge in [0.15, 0.2) is 5.65 Å². The quantitative estimate of drug-likeness (QED) is 0.569. The average molecular weight is 334 g/mol. The normalized spacial score (nSPS) is 12.4. The minimum absolute atomic E-state index is 0.142. The van der Waals surface area contributed by atoms with Gasteiger partial charge in [-0.3, -0.25) is 4.68 Å². The lowest BCUT2D eigenvalue weighted by Crippen LogP contribution is -2.23. The van der Waals surface area contributed by atoms with Gasteiger partial charge in [0.25, 0.3) is 0 Å². The number of rotatable bonds is 4. The summed E-state index contributed by atoms with van der Waals surface area (Å²) in [5, 5.41) is 9.38. The van der Waals surface area contributed by atoms with Crippen molar-refractivity contribution < 1.29 is 0 Å². The van der Waals surface area contributed by atoms with Crippen LogP contribution in [0, 0.1) is 0 Å². The van der Waals surface area contributed by atoms with Gasteiger partial charge in [-0.05, 0) is 24.6 Å². The fourth-order valence-electron chi connectivity index (χ4n) is 2.88. The molecule has 0 aliphatic heterocycles. The van der Waals surface area contributed by atoms with Gasteiger partial charge in [0.1, 0.15) is 24.8 Å². The molecule has 25 heavy (non-hydrogen) atoms. The van der Waals surface area contributed by atoms with Gasteiger partial charge in [-0.2, -0.15) is 10.2 Å². The summed E-state index contributed by atoms with van der Waals surface area (Å²) in [4.78, 5) is 14.9. The molecule has 8 heteroatoms. The number of aromatic nitrogens is 7. The molecule has 0 saturated carbocycles.